The molecule has 0 fully saturated rings. The van der Waals surface area contributed by atoms with Crippen molar-refractivity contribution in [3.05, 3.63) is 188 Å². The molecule has 0 spiro atoms. The summed E-state index contributed by atoms with van der Waals surface area (Å²) < 4.78 is 4.71. The van der Waals surface area contributed by atoms with Crippen LogP contribution in [0.4, 0.5) is 0 Å². The lowest BCUT2D eigenvalue weighted by molar-refractivity contribution is 0.955. The van der Waals surface area contributed by atoms with Gasteiger partial charge >= 0.3 is 0 Å². The molecule has 1 aliphatic carbocycles. The Morgan fingerprint density at radius 2 is 0.817 bits per heavy atom. The van der Waals surface area contributed by atoms with Gasteiger partial charge in [0, 0.05) is 43.7 Å². The highest BCUT2D eigenvalue weighted by atomic mass is 15.2. The second kappa shape index (κ2) is 11.7. The van der Waals surface area contributed by atoms with E-state index in [2.05, 4.69) is 197 Å². The Morgan fingerprint density at radius 1 is 0.283 bits per heavy atom. The summed E-state index contributed by atoms with van der Waals surface area (Å²) in [5.74, 6) is 1.86. The van der Waals surface area contributed by atoms with Gasteiger partial charge in [-0.3, -0.25) is 4.57 Å². The molecule has 5 nitrogen and oxygen atoms in total. The third kappa shape index (κ3) is 4.17. The molecule has 10 aromatic carbocycles. The van der Waals surface area contributed by atoms with Crippen LogP contribution >= 0.6 is 0 Å². The third-order valence-corrected chi connectivity index (χ3v) is 12.9. The summed E-state index contributed by atoms with van der Waals surface area (Å²) in [5, 5.41) is 14.3. The van der Waals surface area contributed by atoms with Crippen LogP contribution in [-0.2, 0) is 0 Å². The molecule has 3 aromatic heterocycles. The van der Waals surface area contributed by atoms with Gasteiger partial charge in [0.05, 0.1) is 22.1 Å². The topological polar surface area (TPSA) is 48.5 Å². The fraction of sp³-hybridized carbons (Fsp3) is 0. The molecule has 3 heterocycles. The zero-order valence-corrected chi connectivity index (χ0v) is 32.1. The predicted octanol–water partition coefficient (Wildman–Crippen LogP) is 14.0. The van der Waals surface area contributed by atoms with Crippen molar-refractivity contribution in [3.63, 3.8) is 0 Å². The first kappa shape index (κ1) is 31.9. The average molecular weight is 762 g/mol. The summed E-state index contributed by atoms with van der Waals surface area (Å²) >= 11 is 0. The van der Waals surface area contributed by atoms with Crippen molar-refractivity contribution in [1.82, 2.24) is 24.1 Å². The number of para-hydroxylation sites is 1. The van der Waals surface area contributed by atoms with E-state index in [-0.39, 0.29) is 0 Å². The SMILES string of the molecule is c1ccc(-n2c3cccc4c3c3c5c(ccc32)ccc2c5c3c-4cccc3n2-c2nc(-c3cccc4ccccc34)nc(-c3cc4ccccc4c4ccccc34)n2)cc1. The van der Waals surface area contributed by atoms with Crippen molar-refractivity contribution in [3.8, 4) is 45.5 Å². The minimum atomic E-state index is 0.588. The highest BCUT2D eigenvalue weighted by Crippen LogP contribution is 2.51. The number of nitrogens with zero attached hydrogens (tertiary/aromatic N) is 5. The molecule has 5 heteroatoms. The highest BCUT2D eigenvalue weighted by Gasteiger charge is 2.28. The van der Waals surface area contributed by atoms with E-state index < -0.39 is 0 Å². The van der Waals surface area contributed by atoms with Crippen molar-refractivity contribution in [2.24, 2.45) is 0 Å². The zero-order valence-electron chi connectivity index (χ0n) is 32.1. The number of fused-ring (bicyclic) bond motifs is 5. The van der Waals surface area contributed by atoms with Gasteiger partial charge in [-0.25, -0.2) is 4.98 Å². The van der Waals surface area contributed by atoms with Gasteiger partial charge in [0.25, 0.3) is 0 Å². The van der Waals surface area contributed by atoms with E-state index in [1.54, 1.807) is 0 Å². The second-order valence-corrected chi connectivity index (χ2v) is 15.9. The maximum absolute atomic E-state index is 5.52. The maximum atomic E-state index is 5.52. The van der Waals surface area contributed by atoms with Gasteiger partial charge in [-0.1, -0.05) is 146 Å². The molecule has 0 amide bonds. The third-order valence-electron chi connectivity index (χ3n) is 12.9. The van der Waals surface area contributed by atoms with Crippen molar-refractivity contribution >= 4 is 86.7 Å². The normalized spacial score (nSPS) is 12.3. The number of aromatic nitrogens is 5. The summed E-state index contributed by atoms with van der Waals surface area (Å²) in [6.45, 7) is 0. The first-order valence-corrected chi connectivity index (χ1v) is 20.5. The quantitative estimate of drug-likeness (QED) is 0.168. The van der Waals surface area contributed by atoms with Crippen LogP contribution in [0.25, 0.3) is 132 Å². The number of hydrogen-bond donors (Lipinski definition) is 0. The Bertz CT molecular complexity index is 4000. The predicted molar refractivity (Wildman–Crippen MR) is 248 cm³/mol. The summed E-state index contributed by atoms with van der Waals surface area (Å²) in [6.07, 6.45) is 0. The Hall–Kier alpha value is -8.15. The van der Waals surface area contributed by atoms with E-state index in [0.29, 0.717) is 17.6 Å². The molecule has 276 valence electrons. The van der Waals surface area contributed by atoms with Gasteiger partial charge in [-0.2, -0.15) is 9.97 Å². The lowest BCUT2D eigenvalue weighted by atomic mass is 9.97. The fourth-order valence-electron chi connectivity index (χ4n) is 10.4. The minimum absolute atomic E-state index is 0.588. The van der Waals surface area contributed by atoms with E-state index in [0.717, 1.165) is 49.4 Å². The molecule has 0 aliphatic heterocycles. The van der Waals surface area contributed by atoms with Crippen LogP contribution in [0.2, 0.25) is 0 Å². The lowest BCUT2D eigenvalue weighted by Crippen LogP contribution is -2.07. The number of benzene rings is 10. The van der Waals surface area contributed by atoms with Crippen molar-refractivity contribution in [1.29, 1.82) is 0 Å². The summed E-state index contributed by atoms with van der Waals surface area (Å²) in [5.41, 5.74) is 10.1. The monoisotopic (exact) mass is 761 g/mol. The van der Waals surface area contributed by atoms with Crippen LogP contribution in [0.15, 0.2) is 188 Å². The molecule has 1 aliphatic rings. The van der Waals surface area contributed by atoms with E-state index in [1.165, 1.54) is 65.3 Å². The molecular formula is C55H31N5. The van der Waals surface area contributed by atoms with Gasteiger partial charge in [-0.05, 0) is 91.3 Å². The molecule has 14 rings (SSSR count). The number of hydrogen-bond acceptors (Lipinski definition) is 3. The standard InChI is InChI=1S/C55H31N5/c1-2-16-35(17-3-1)59-44-25-11-22-40-41-23-12-26-45-50(41)52-47(30-28-33-27-29-46(59)51(48(33)52)49(40)44)60(45)55-57-53(42-24-10-15-32-13-4-6-18-36(32)42)56-54(58-55)43-31-34-14-5-7-19-37(34)38-20-8-9-21-39(38)43/h1-31H. The Kier molecular flexibility index (Phi) is 6.23. The minimum Gasteiger partial charge on any atom is -0.309 e. The molecule has 13 aromatic rings. The van der Waals surface area contributed by atoms with Crippen LogP contribution in [0.1, 0.15) is 0 Å². The molecule has 0 unspecified atom stereocenters. The van der Waals surface area contributed by atoms with Crippen LogP contribution < -0.4 is 0 Å². The van der Waals surface area contributed by atoms with Crippen molar-refractivity contribution in [2.45, 2.75) is 0 Å². The fourth-order valence-corrected chi connectivity index (χ4v) is 10.4. The van der Waals surface area contributed by atoms with Gasteiger partial charge in [0.15, 0.2) is 11.6 Å². The molecule has 0 saturated carbocycles. The van der Waals surface area contributed by atoms with Gasteiger partial charge < -0.3 is 4.57 Å². The van der Waals surface area contributed by atoms with Crippen molar-refractivity contribution in [2.75, 3.05) is 0 Å². The summed E-state index contributed by atoms with van der Waals surface area (Å²) in [7, 11) is 0. The Balaban J connectivity index is 1.14. The molecule has 0 N–H and O–H groups in total. The first-order chi connectivity index (χ1) is 29.8. The zero-order chi connectivity index (χ0) is 39.1. The van der Waals surface area contributed by atoms with Crippen LogP contribution in [-0.4, -0.2) is 24.1 Å². The largest absolute Gasteiger partial charge is 0.309 e. The molecule has 0 atom stereocenters. The Labute approximate surface area is 343 Å². The average Bonchev–Trinajstić information content (AvgIpc) is 3.80. The first-order valence-electron chi connectivity index (χ1n) is 20.5. The van der Waals surface area contributed by atoms with Gasteiger partial charge in [0.2, 0.25) is 5.95 Å². The molecular weight excluding hydrogens is 731 g/mol. The maximum Gasteiger partial charge on any atom is 0.238 e. The van der Waals surface area contributed by atoms with Crippen molar-refractivity contribution < 1.29 is 0 Å². The lowest BCUT2D eigenvalue weighted by Gasteiger charge is -2.14. The molecule has 0 saturated heterocycles. The van der Waals surface area contributed by atoms with Crippen LogP contribution in [0.3, 0.4) is 0 Å². The van der Waals surface area contributed by atoms with E-state index >= 15 is 0 Å². The summed E-state index contributed by atoms with van der Waals surface area (Å²) in [6, 6.07) is 67.6. The molecule has 0 bridgehead atoms. The van der Waals surface area contributed by atoms with E-state index in [4.69, 9.17) is 15.0 Å². The second-order valence-electron chi connectivity index (χ2n) is 15.9. The van der Waals surface area contributed by atoms with Crippen LogP contribution in [0, 0.1) is 0 Å². The number of rotatable bonds is 4. The van der Waals surface area contributed by atoms with Gasteiger partial charge in [0.1, 0.15) is 0 Å². The van der Waals surface area contributed by atoms with Gasteiger partial charge in [-0.15, -0.1) is 0 Å². The Morgan fingerprint density at radius 3 is 1.57 bits per heavy atom. The van der Waals surface area contributed by atoms with Crippen LogP contribution in [0.5, 0.6) is 0 Å². The summed E-state index contributed by atoms with van der Waals surface area (Å²) in [4.78, 5) is 16.4. The van der Waals surface area contributed by atoms with E-state index in [9.17, 15) is 0 Å². The highest BCUT2D eigenvalue weighted by molar-refractivity contribution is 6.38. The van der Waals surface area contributed by atoms with E-state index in [1.807, 2.05) is 0 Å². The smallest absolute Gasteiger partial charge is 0.238 e. The molecule has 0 radical (unpaired) electrons. The molecule has 60 heavy (non-hydrogen) atoms.